The Kier molecular flexibility index (Phi) is 4.17. The minimum Gasteiger partial charge on any atom is -0.351 e. The van der Waals surface area contributed by atoms with Crippen molar-refractivity contribution >= 4 is 11.6 Å². The first-order chi connectivity index (χ1) is 8.06. The molecule has 6 nitrogen and oxygen atoms in total. The van der Waals surface area contributed by atoms with Crippen molar-refractivity contribution in [2.45, 2.75) is 13.3 Å². The van der Waals surface area contributed by atoms with E-state index in [0.29, 0.717) is 11.1 Å². The van der Waals surface area contributed by atoms with Crippen LogP contribution >= 0.6 is 0 Å². The summed E-state index contributed by atoms with van der Waals surface area (Å²) in [7, 11) is 0. The lowest BCUT2D eigenvalue weighted by molar-refractivity contribution is -0.384. The molecule has 0 atom stereocenters. The standard InChI is InChI=1S/C11H11N3O3/c1-8-7-9(14(16)17)3-4-10(8)11(15)13-6-2-5-12/h3-4,7H,2,6H2,1H3,(H,13,15). The summed E-state index contributed by atoms with van der Waals surface area (Å²) in [6, 6.07) is 5.95. The van der Waals surface area contributed by atoms with Crippen LogP contribution in [0.2, 0.25) is 0 Å². The first-order valence-corrected chi connectivity index (χ1v) is 4.96. The van der Waals surface area contributed by atoms with E-state index >= 15 is 0 Å². The summed E-state index contributed by atoms with van der Waals surface area (Å²) in [6.45, 7) is 1.90. The Balaban J connectivity index is 2.82. The smallest absolute Gasteiger partial charge is 0.269 e. The molecule has 0 unspecified atom stereocenters. The molecule has 88 valence electrons. The van der Waals surface area contributed by atoms with Gasteiger partial charge in [0.25, 0.3) is 11.6 Å². The second-order valence-corrected chi connectivity index (χ2v) is 3.42. The number of non-ortho nitro benzene ring substituents is 1. The normalized spacial score (nSPS) is 9.41. The van der Waals surface area contributed by atoms with Crippen LogP contribution in [0.1, 0.15) is 22.3 Å². The van der Waals surface area contributed by atoms with Gasteiger partial charge < -0.3 is 5.32 Å². The van der Waals surface area contributed by atoms with E-state index < -0.39 is 4.92 Å². The van der Waals surface area contributed by atoms with Gasteiger partial charge in [-0.3, -0.25) is 14.9 Å². The fourth-order valence-electron chi connectivity index (χ4n) is 1.34. The molecule has 0 saturated carbocycles. The van der Waals surface area contributed by atoms with Crippen LogP contribution in [-0.4, -0.2) is 17.4 Å². The maximum Gasteiger partial charge on any atom is 0.269 e. The van der Waals surface area contributed by atoms with Gasteiger partial charge in [-0.2, -0.15) is 5.26 Å². The van der Waals surface area contributed by atoms with Gasteiger partial charge in [0.15, 0.2) is 0 Å². The molecular formula is C11H11N3O3. The van der Waals surface area contributed by atoms with E-state index in [0.717, 1.165) is 0 Å². The molecule has 0 bridgehead atoms. The number of rotatable bonds is 4. The summed E-state index contributed by atoms with van der Waals surface area (Å²) >= 11 is 0. The van der Waals surface area contributed by atoms with Gasteiger partial charge in [-0.05, 0) is 18.6 Å². The number of nitrogens with one attached hydrogen (secondary N) is 1. The molecular weight excluding hydrogens is 222 g/mol. The highest BCUT2D eigenvalue weighted by molar-refractivity contribution is 5.95. The van der Waals surface area contributed by atoms with Crippen molar-refractivity contribution in [2.24, 2.45) is 0 Å². The van der Waals surface area contributed by atoms with Crippen molar-refractivity contribution in [3.05, 3.63) is 39.4 Å². The molecule has 6 heteroatoms. The summed E-state index contributed by atoms with van der Waals surface area (Å²) in [6.07, 6.45) is 0.234. The third-order valence-electron chi connectivity index (χ3n) is 2.19. The predicted molar refractivity (Wildman–Crippen MR) is 60.4 cm³/mol. The van der Waals surface area contributed by atoms with Crippen LogP contribution in [0.5, 0.6) is 0 Å². The number of amides is 1. The third kappa shape index (κ3) is 3.28. The van der Waals surface area contributed by atoms with E-state index in [1.54, 1.807) is 6.92 Å². The topological polar surface area (TPSA) is 96.0 Å². The highest BCUT2D eigenvalue weighted by Gasteiger charge is 2.12. The number of nitrogens with zero attached hydrogens (tertiary/aromatic N) is 2. The number of hydrogen-bond donors (Lipinski definition) is 1. The van der Waals surface area contributed by atoms with Crippen molar-refractivity contribution in [3.63, 3.8) is 0 Å². The fraction of sp³-hybridized carbons (Fsp3) is 0.273. The van der Waals surface area contributed by atoms with Crippen LogP contribution in [0.3, 0.4) is 0 Å². The largest absolute Gasteiger partial charge is 0.351 e. The number of carbonyl (C=O) groups excluding carboxylic acids is 1. The zero-order chi connectivity index (χ0) is 12.8. The maximum absolute atomic E-state index is 11.6. The van der Waals surface area contributed by atoms with Crippen molar-refractivity contribution in [1.29, 1.82) is 5.26 Å². The van der Waals surface area contributed by atoms with Crippen LogP contribution < -0.4 is 5.32 Å². The zero-order valence-electron chi connectivity index (χ0n) is 9.27. The second-order valence-electron chi connectivity index (χ2n) is 3.42. The van der Waals surface area contributed by atoms with E-state index in [4.69, 9.17) is 5.26 Å². The lowest BCUT2D eigenvalue weighted by Crippen LogP contribution is -2.24. The molecule has 17 heavy (non-hydrogen) atoms. The number of carbonyl (C=O) groups is 1. The molecule has 0 aliphatic heterocycles. The Morgan fingerprint density at radius 3 is 2.82 bits per heavy atom. The second kappa shape index (κ2) is 5.61. The Morgan fingerprint density at radius 2 is 2.29 bits per heavy atom. The highest BCUT2D eigenvalue weighted by atomic mass is 16.6. The van der Waals surface area contributed by atoms with E-state index in [-0.39, 0.29) is 24.6 Å². The van der Waals surface area contributed by atoms with Crippen LogP contribution in [0.25, 0.3) is 0 Å². The Labute approximate surface area is 98.0 Å². The van der Waals surface area contributed by atoms with Gasteiger partial charge in [-0.1, -0.05) is 0 Å². The van der Waals surface area contributed by atoms with Crippen LogP contribution in [0.15, 0.2) is 18.2 Å². The molecule has 0 fully saturated rings. The van der Waals surface area contributed by atoms with Gasteiger partial charge in [0.05, 0.1) is 17.4 Å². The van der Waals surface area contributed by atoms with E-state index in [2.05, 4.69) is 5.32 Å². The van der Waals surface area contributed by atoms with E-state index in [1.165, 1.54) is 18.2 Å². The molecule has 0 saturated heterocycles. The SMILES string of the molecule is Cc1cc([N+](=O)[O-])ccc1C(=O)NCCC#N. The van der Waals surface area contributed by atoms with Gasteiger partial charge >= 0.3 is 0 Å². The van der Waals surface area contributed by atoms with Gasteiger partial charge in [0, 0.05) is 24.2 Å². The van der Waals surface area contributed by atoms with Crippen molar-refractivity contribution in [1.82, 2.24) is 5.32 Å². The van der Waals surface area contributed by atoms with Crippen LogP contribution in [0, 0.1) is 28.4 Å². The third-order valence-corrected chi connectivity index (χ3v) is 2.19. The molecule has 1 aromatic rings. The summed E-state index contributed by atoms with van der Waals surface area (Å²) in [5.41, 5.74) is 0.873. The molecule has 0 aliphatic carbocycles. The Bertz CT molecular complexity index is 491. The lowest BCUT2D eigenvalue weighted by Gasteiger charge is -2.05. The molecule has 1 aromatic carbocycles. The van der Waals surface area contributed by atoms with Crippen LogP contribution in [0.4, 0.5) is 5.69 Å². The number of nitro benzene ring substituents is 1. The van der Waals surface area contributed by atoms with Gasteiger partial charge in [-0.15, -0.1) is 0 Å². The number of aryl methyl sites for hydroxylation is 1. The Morgan fingerprint density at radius 1 is 1.59 bits per heavy atom. The fourth-order valence-corrected chi connectivity index (χ4v) is 1.34. The quantitative estimate of drug-likeness (QED) is 0.484. The summed E-state index contributed by atoms with van der Waals surface area (Å²) in [5.74, 6) is -0.326. The average molecular weight is 233 g/mol. The minimum atomic E-state index is -0.510. The summed E-state index contributed by atoms with van der Waals surface area (Å²) < 4.78 is 0. The number of nitriles is 1. The molecule has 1 N–H and O–H groups in total. The lowest BCUT2D eigenvalue weighted by atomic mass is 10.1. The summed E-state index contributed by atoms with van der Waals surface area (Å²) in [4.78, 5) is 21.6. The van der Waals surface area contributed by atoms with Gasteiger partial charge in [0.1, 0.15) is 0 Å². The van der Waals surface area contributed by atoms with Gasteiger partial charge in [0.2, 0.25) is 0 Å². The van der Waals surface area contributed by atoms with E-state index in [1.807, 2.05) is 6.07 Å². The van der Waals surface area contributed by atoms with Crippen molar-refractivity contribution in [2.75, 3.05) is 6.54 Å². The number of benzene rings is 1. The summed E-state index contributed by atoms with van der Waals surface area (Å²) in [5, 5.41) is 21.4. The molecule has 0 aliphatic rings. The first kappa shape index (κ1) is 12.6. The highest BCUT2D eigenvalue weighted by Crippen LogP contribution is 2.16. The first-order valence-electron chi connectivity index (χ1n) is 4.96. The molecule has 1 amide bonds. The zero-order valence-corrected chi connectivity index (χ0v) is 9.27. The molecule has 0 heterocycles. The predicted octanol–water partition coefficient (Wildman–Crippen LogP) is 1.55. The van der Waals surface area contributed by atoms with Crippen molar-refractivity contribution < 1.29 is 9.72 Å². The van der Waals surface area contributed by atoms with E-state index in [9.17, 15) is 14.9 Å². The monoisotopic (exact) mass is 233 g/mol. The maximum atomic E-state index is 11.6. The molecule has 0 spiro atoms. The average Bonchev–Trinajstić information content (AvgIpc) is 2.28. The van der Waals surface area contributed by atoms with Crippen LogP contribution in [-0.2, 0) is 0 Å². The molecule has 0 aromatic heterocycles. The number of hydrogen-bond acceptors (Lipinski definition) is 4. The molecule has 1 rings (SSSR count). The molecule has 0 radical (unpaired) electrons. The van der Waals surface area contributed by atoms with Crippen molar-refractivity contribution in [3.8, 4) is 6.07 Å². The number of nitro groups is 1. The Hall–Kier alpha value is -2.42. The van der Waals surface area contributed by atoms with Gasteiger partial charge in [-0.25, -0.2) is 0 Å². The minimum absolute atomic E-state index is 0.0453.